The van der Waals surface area contributed by atoms with Gasteiger partial charge in [-0.25, -0.2) is 0 Å². The van der Waals surface area contributed by atoms with Gasteiger partial charge in [-0.2, -0.15) is 5.10 Å². The molecule has 0 saturated carbocycles. The van der Waals surface area contributed by atoms with Crippen molar-refractivity contribution in [3.8, 4) is 5.75 Å². The second-order valence-electron chi connectivity index (χ2n) is 4.18. The maximum Gasteiger partial charge on any atom is 0.148 e. The van der Waals surface area contributed by atoms with Crippen LogP contribution in [0.4, 0.5) is 5.82 Å². The molecule has 1 aromatic heterocycles. The highest BCUT2D eigenvalue weighted by Gasteiger charge is 2.06. The Labute approximate surface area is 116 Å². The van der Waals surface area contributed by atoms with Gasteiger partial charge in [0.2, 0.25) is 0 Å². The summed E-state index contributed by atoms with van der Waals surface area (Å²) in [6, 6.07) is 8.92. The molecule has 19 heavy (non-hydrogen) atoms. The average Bonchev–Trinajstić information content (AvgIpc) is 2.80. The Morgan fingerprint density at radius 1 is 1.47 bits per heavy atom. The number of hydrogen-bond donors (Lipinski definition) is 2. The van der Waals surface area contributed by atoms with Crippen molar-refractivity contribution in [3.05, 3.63) is 41.6 Å². The van der Waals surface area contributed by atoms with E-state index in [-0.39, 0.29) is 6.61 Å². The van der Waals surface area contributed by atoms with Gasteiger partial charge >= 0.3 is 0 Å². The first-order valence-corrected chi connectivity index (χ1v) is 6.31. The SMILES string of the molecule is Cn1ccc(NCC(O)COc2cccc(Cl)c2)n1. The molecule has 0 fully saturated rings. The minimum absolute atomic E-state index is 0.195. The first-order valence-electron chi connectivity index (χ1n) is 5.93. The molecule has 0 aliphatic rings. The largest absolute Gasteiger partial charge is 0.491 e. The zero-order chi connectivity index (χ0) is 13.7. The van der Waals surface area contributed by atoms with E-state index in [1.807, 2.05) is 19.3 Å². The highest BCUT2D eigenvalue weighted by molar-refractivity contribution is 6.30. The average molecular weight is 282 g/mol. The van der Waals surface area contributed by atoms with Crippen LogP contribution in [-0.2, 0) is 7.05 Å². The van der Waals surface area contributed by atoms with Crippen LogP contribution in [0.5, 0.6) is 5.75 Å². The Bertz CT molecular complexity index is 530. The van der Waals surface area contributed by atoms with Gasteiger partial charge in [-0.3, -0.25) is 4.68 Å². The zero-order valence-electron chi connectivity index (χ0n) is 10.6. The van der Waals surface area contributed by atoms with Gasteiger partial charge < -0.3 is 15.2 Å². The zero-order valence-corrected chi connectivity index (χ0v) is 11.3. The normalized spacial score (nSPS) is 12.2. The van der Waals surface area contributed by atoms with E-state index in [1.165, 1.54) is 0 Å². The van der Waals surface area contributed by atoms with Crippen LogP contribution in [0.15, 0.2) is 36.5 Å². The summed E-state index contributed by atoms with van der Waals surface area (Å²) >= 11 is 5.84. The molecule has 1 aromatic carbocycles. The van der Waals surface area contributed by atoms with Gasteiger partial charge in [-0.05, 0) is 18.2 Å². The number of nitrogens with zero attached hydrogens (tertiary/aromatic N) is 2. The molecular formula is C13H16ClN3O2. The molecule has 0 aliphatic heterocycles. The van der Waals surface area contributed by atoms with E-state index in [1.54, 1.807) is 28.9 Å². The Balaban J connectivity index is 1.74. The molecule has 0 saturated heterocycles. The van der Waals surface area contributed by atoms with Crippen LogP contribution in [0.2, 0.25) is 5.02 Å². The Hall–Kier alpha value is -1.72. The molecular weight excluding hydrogens is 266 g/mol. The van der Waals surface area contributed by atoms with Crippen molar-refractivity contribution >= 4 is 17.4 Å². The summed E-state index contributed by atoms with van der Waals surface area (Å²) in [5, 5.41) is 17.6. The lowest BCUT2D eigenvalue weighted by atomic mass is 10.3. The van der Waals surface area contributed by atoms with Crippen molar-refractivity contribution in [1.29, 1.82) is 0 Å². The highest BCUT2D eigenvalue weighted by atomic mass is 35.5. The number of aryl methyl sites for hydroxylation is 1. The number of halogens is 1. The summed E-state index contributed by atoms with van der Waals surface area (Å²) in [4.78, 5) is 0. The van der Waals surface area contributed by atoms with Crippen molar-refractivity contribution in [3.63, 3.8) is 0 Å². The van der Waals surface area contributed by atoms with E-state index in [9.17, 15) is 5.11 Å². The summed E-state index contributed by atoms with van der Waals surface area (Å²) < 4.78 is 7.13. The molecule has 2 N–H and O–H groups in total. The summed E-state index contributed by atoms with van der Waals surface area (Å²) in [7, 11) is 1.84. The van der Waals surface area contributed by atoms with Crippen LogP contribution < -0.4 is 10.1 Å². The fraction of sp³-hybridized carbons (Fsp3) is 0.308. The highest BCUT2D eigenvalue weighted by Crippen LogP contribution is 2.17. The topological polar surface area (TPSA) is 59.3 Å². The van der Waals surface area contributed by atoms with Gasteiger partial charge in [0.15, 0.2) is 0 Å². The van der Waals surface area contributed by atoms with Crippen LogP contribution in [0.1, 0.15) is 0 Å². The van der Waals surface area contributed by atoms with Crippen molar-refractivity contribution < 1.29 is 9.84 Å². The smallest absolute Gasteiger partial charge is 0.148 e. The molecule has 5 nitrogen and oxygen atoms in total. The van der Waals surface area contributed by atoms with Crippen LogP contribution in [-0.4, -0.2) is 34.1 Å². The van der Waals surface area contributed by atoms with E-state index in [0.29, 0.717) is 17.3 Å². The lowest BCUT2D eigenvalue weighted by Crippen LogP contribution is -2.26. The minimum Gasteiger partial charge on any atom is -0.491 e. The molecule has 6 heteroatoms. The maximum absolute atomic E-state index is 9.79. The third kappa shape index (κ3) is 4.46. The Morgan fingerprint density at radius 2 is 2.32 bits per heavy atom. The van der Waals surface area contributed by atoms with E-state index in [0.717, 1.165) is 5.82 Å². The van der Waals surface area contributed by atoms with E-state index < -0.39 is 6.10 Å². The number of aromatic nitrogens is 2. The summed E-state index contributed by atoms with van der Waals surface area (Å²) in [6.07, 6.45) is 1.21. The van der Waals surface area contributed by atoms with Gasteiger partial charge in [0.05, 0.1) is 0 Å². The molecule has 102 valence electrons. The van der Waals surface area contributed by atoms with E-state index >= 15 is 0 Å². The Kier molecular flexibility index (Phi) is 4.65. The van der Waals surface area contributed by atoms with Crippen LogP contribution >= 0.6 is 11.6 Å². The maximum atomic E-state index is 9.79. The van der Waals surface area contributed by atoms with Crippen LogP contribution in [0.3, 0.4) is 0 Å². The van der Waals surface area contributed by atoms with Gasteiger partial charge in [0, 0.05) is 30.9 Å². The number of ether oxygens (including phenoxy) is 1. The number of rotatable bonds is 6. The standard InChI is InChI=1S/C13H16ClN3O2/c1-17-6-5-13(16-17)15-8-11(18)9-19-12-4-2-3-10(14)7-12/h2-7,11,18H,8-9H2,1H3,(H,15,16). The quantitative estimate of drug-likeness (QED) is 0.849. The lowest BCUT2D eigenvalue weighted by Gasteiger charge is -2.13. The summed E-state index contributed by atoms with van der Waals surface area (Å²) in [6.45, 7) is 0.567. The summed E-state index contributed by atoms with van der Waals surface area (Å²) in [5.74, 6) is 1.37. The number of nitrogens with one attached hydrogen (secondary N) is 1. The molecule has 0 amide bonds. The number of hydrogen-bond acceptors (Lipinski definition) is 4. The number of anilines is 1. The number of aliphatic hydroxyl groups excluding tert-OH is 1. The fourth-order valence-electron chi connectivity index (χ4n) is 1.54. The third-order valence-corrected chi connectivity index (χ3v) is 2.71. The fourth-order valence-corrected chi connectivity index (χ4v) is 1.72. The molecule has 0 aliphatic carbocycles. The minimum atomic E-state index is -0.624. The van der Waals surface area contributed by atoms with Crippen molar-refractivity contribution in [2.45, 2.75) is 6.10 Å². The van der Waals surface area contributed by atoms with Crippen LogP contribution in [0.25, 0.3) is 0 Å². The van der Waals surface area contributed by atoms with Crippen LogP contribution in [0, 0.1) is 0 Å². The molecule has 0 radical (unpaired) electrons. The van der Waals surface area contributed by atoms with Crippen molar-refractivity contribution in [2.24, 2.45) is 7.05 Å². The van der Waals surface area contributed by atoms with Gasteiger partial charge in [0.25, 0.3) is 0 Å². The third-order valence-electron chi connectivity index (χ3n) is 2.47. The number of benzene rings is 1. The lowest BCUT2D eigenvalue weighted by molar-refractivity contribution is 0.117. The molecule has 2 aromatic rings. The second kappa shape index (κ2) is 6.45. The van der Waals surface area contributed by atoms with Gasteiger partial charge in [0.1, 0.15) is 24.3 Å². The summed E-state index contributed by atoms with van der Waals surface area (Å²) in [5.41, 5.74) is 0. The molecule has 1 atom stereocenters. The monoisotopic (exact) mass is 281 g/mol. The molecule has 1 heterocycles. The van der Waals surface area contributed by atoms with Crippen molar-refractivity contribution in [2.75, 3.05) is 18.5 Å². The Morgan fingerprint density at radius 3 is 3.00 bits per heavy atom. The van der Waals surface area contributed by atoms with E-state index in [4.69, 9.17) is 16.3 Å². The first-order chi connectivity index (χ1) is 9.13. The van der Waals surface area contributed by atoms with E-state index in [2.05, 4.69) is 10.4 Å². The molecule has 0 spiro atoms. The first kappa shape index (κ1) is 13.7. The molecule has 1 unspecified atom stereocenters. The predicted molar refractivity (Wildman–Crippen MR) is 74.7 cm³/mol. The van der Waals surface area contributed by atoms with Gasteiger partial charge in [-0.1, -0.05) is 17.7 Å². The predicted octanol–water partition coefficient (Wildman–Crippen LogP) is 1.93. The van der Waals surface area contributed by atoms with Gasteiger partial charge in [-0.15, -0.1) is 0 Å². The molecule has 2 rings (SSSR count). The molecule has 0 bridgehead atoms. The van der Waals surface area contributed by atoms with Crippen molar-refractivity contribution in [1.82, 2.24) is 9.78 Å². The second-order valence-corrected chi connectivity index (χ2v) is 4.61. The number of aliphatic hydroxyl groups is 1.